The molecule has 0 aromatic heterocycles. The van der Waals surface area contributed by atoms with Crippen molar-refractivity contribution in [2.45, 2.75) is 46.1 Å². The van der Waals surface area contributed by atoms with Crippen LogP contribution in [0, 0.1) is 5.92 Å². The molecule has 0 saturated carbocycles. The molecule has 0 fully saturated rings. The van der Waals surface area contributed by atoms with E-state index in [1.807, 2.05) is 6.07 Å². The summed E-state index contributed by atoms with van der Waals surface area (Å²) in [5, 5.41) is 0. The maximum Gasteiger partial charge on any atom is 0.428 e. The summed E-state index contributed by atoms with van der Waals surface area (Å²) in [5.41, 5.74) is -0.627. The van der Waals surface area contributed by atoms with E-state index in [4.69, 9.17) is 13.8 Å². The first-order valence-electron chi connectivity index (χ1n) is 8.82. The van der Waals surface area contributed by atoms with Crippen molar-refractivity contribution >= 4 is 13.7 Å². The number of carbonyl (C=O) groups is 1. The lowest BCUT2D eigenvalue weighted by Gasteiger charge is -2.34. The number of hydrogen-bond donors (Lipinski definition) is 0. The number of rotatable bonds is 5. The molecule has 1 aromatic carbocycles. The van der Waals surface area contributed by atoms with Crippen molar-refractivity contribution in [1.29, 1.82) is 0 Å². The second kappa shape index (κ2) is 8.17. The van der Waals surface area contributed by atoms with Gasteiger partial charge in [0.1, 0.15) is 11.4 Å². The van der Waals surface area contributed by atoms with Crippen LogP contribution in [0.3, 0.4) is 0 Å². The van der Waals surface area contributed by atoms with E-state index >= 15 is 0 Å². The molecule has 2 atom stereocenters. The van der Waals surface area contributed by atoms with Crippen LogP contribution in [0.25, 0.3) is 0 Å². The molecule has 1 aromatic rings. The van der Waals surface area contributed by atoms with Gasteiger partial charge in [-0.2, -0.15) is 0 Å². The van der Waals surface area contributed by atoms with Gasteiger partial charge in [0.25, 0.3) is 0 Å². The summed E-state index contributed by atoms with van der Waals surface area (Å²) in [6, 6.07) is 8.82. The Hall–Kier alpha value is -1.94. The number of carbonyl (C=O) groups excluding carboxylic acids is 1. The average molecular weight is 381 g/mol. The molecule has 144 valence electrons. The molecule has 0 radical (unpaired) electrons. The van der Waals surface area contributed by atoms with E-state index < -0.39 is 19.3 Å². The summed E-state index contributed by atoms with van der Waals surface area (Å²) >= 11 is 0. The average Bonchev–Trinajstić information content (AvgIpc) is 2.53. The SMILES string of the molecule is CCC1CC=C(OP(C)(=O)Oc2ccccc2)N(C(=O)OC(C)(C)C)C1. The van der Waals surface area contributed by atoms with Crippen LogP contribution in [0.4, 0.5) is 4.79 Å². The Morgan fingerprint density at radius 1 is 1.23 bits per heavy atom. The van der Waals surface area contributed by atoms with Gasteiger partial charge in [-0.15, -0.1) is 0 Å². The van der Waals surface area contributed by atoms with Crippen molar-refractivity contribution in [2.24, 2.45) is 5.92 Å². The van der Waals surface area contributed by atoms with Gasteiger partial charge >= 0.3 is 13.7 Å². The van der Waals surface area contributed by atoms with Crippen molar-refractivity contribution in [3.8, 4) is 5.75 Å². The zero-order valence-corrected chi connectivity index (χ0v) is 17.0. The fourth-order valence-electron chi connectivity index (χ4n) is 2.53. The fourth-order valence-corrected chi connectivity index (χ4v) is 3.58. The molecule has 1 aliphatic rings. The van der Waals surface area contributed by atoms with Crippen LogP contribution in [0.1, 0.15) is 40.5 Å². The molecule has 1 heterocycles. The van der Waals surface area contributed by atoms with Gasteiger partial charge < -0.3 is 13.8 Å². The quantitative estimate of drug-likeness (QED) is 0.638. The lowest BCUT2D eigenvalue weighted by atomic mass is 9.99. The minimum Gasteiger partial charge on any atom is -0.443 e. The second-order valence-electron chi connectivity index (χ2n) is 7.41. The molecule has 1 aliphatic heterocycles. The Morgan fingerprint density at radius 3 is 2.46 bits per heavy atom. The van der Waals surface area contributed by atoms with Crippen LogP contribution in [0.5, 0.6) is 5.75 Å². The van der Waals surface area contributed by atoms with E-state index in [0.29, 0.717) is 18.2 Å². The van der Waals surface area contributed by atoms with E-state index in [9.17, 15) is 9.36 Å². The lowest BCUT2D eigenvalue weighted by Crippen LogP contribution is -2.41. The summed E-state index contributed by atoms with van der Waals surface area (Å²) in [6.07, 6.45) is 2.94. The summed E-state index contributed by atoms with van der Waals surface area (Å²) in [7, 11) is -3.46. The maximum absolute atomic E-state index is 12.8. The Balaban J connectivity index is 2.16. The van der Waals surface area contributed by atoms with Gasteiger partial charge in [-0.3, -0.25) is 0 Å². The number of nitrogens with zero attached hydrogens (tertiary/aromatic N) is 1. The van der Waals surface area contributed by atoms with Crippen LogP contribution in [0.15, 0.2) is 42.3 Å². The first-order valence-corrected chi connectivity index (χ1v) is 10.8. The fraction of sp³-hybridized carbons (Fsp3) is 0.526. The van der Waals surface area contributed by atoms with Gasteiger partial charge in [0.2, 0.25) is 5.88 Å². The van der Waals surface area contributed by atoms with Crippen LogP contribution >= 0.6 is 7.60 Å². The highest BCUT2D eigenvalue weighted by Crippen LogP contribution is 2.47. The Labute approximate surface area is 155 Å². The lowest BCUT2D eigenvalue weighted by molar-refractivity contribution is 0.0185. The first kappa shape index (κ1) is 20.4. The third kappa shape index (κ3) is 6.10. The molecule has 2 rings (SSSR count). The zero-order chi connectivity index (χ0) is 19.4. The Kier molecular flexibility index (Phi) is 6.40. The third-order valence-corrected chi connectivity index (χ3v) is 4.86. The molecule has 0 N–H and O–H groups in total. The molecule has 0 saturated heterocycles. The van der Waals surface area contributed by atoms with Gasteiger partial charge in [-0.1, -0.05) is 31.5 Å². The van der Waals surface area contributed by atoms with Gasteiger partial charge in [0.15, 0.2) is 0 Å². The molecule has 26 heavy (non-hydrogen) atoms. The van der Waals surface area contributed by atoms with Crippen LogP contribution < -0.4 is 4.52 Å². The highest BCUT2D eigenvalue weighted by Gasteiger charge is 2.34. The van der Waals surface area contributed by atoms with Gasteiger partial charge in [0.05, 0.1) is 6.66 Å². The minimum atomic E-state index is -3.46. The van der Waals surface area contributed by atoms with Crippen LogP contribution in [-0.2, 0) is 13.8 Å². The monoisotopic (exact) mass is 381 g/mol. The minimum absolute atomic E-state index is 0.228. The molecule has 2 unspecified atom stereocenters. The molecule has 6 nitrogen and oxygen atoms in total. The second-order valence-corrected chi connectivity index (χ2v) is 9.32. The number of hydrogen-bond acceptors (Lipinski definition) is 5. The molecule has 0 spiro atoms. The molecule has 1 amide bonds. The van der Waals surface area contributed by atoms with E-state index in [1.54, 1.807) is 51.1 Å². The number of para-hydroxylation sites is 1. The number of allylic oxidation sites excluding steroid dienone is 1. The van der Waals surface area contributed by atoms with Crippen molar-refractivity contribution in [3.05, 3.63) is 42.3 Å². The predicted octanol–water partition coefficient (Wildman–Crippen LogP) is 5.41. The summed E-state index contributed by atoms with van der Waals surface area (Å²) in [4.78, 5) is 14.0. The van der Waals surface area contributed by atoms with E-state index in [1.165, 1.54) is 11.6 Å². The Morgan fingerprint density at radius 2 is 1.88 bits per heavy atom. The smallest absolute Gasteiger partial charge is 0.428 e. The van der Waals surface area contributed by atoms with E-state index in [0.717, 1.165) is 12.8 Å². The Bertz CT molecular complexity index is 696. The zero-order valence-electron chi connectivity index (χ0n) is 16.1. The van der Waals surface area contributed by atoms with Crippen molar-refractivity contribution < 1.29 is 23.1 Å². The molecular weight excluding hydrogens is 353 g/mol. The van der Waals surface area contributed by atoms with Gasteiger partial charge in [-0.25, -0.2) is 14.3 Å². The summed E-state index contributed by atoms with van der Waals surface area (Å²) in [5.74, 6) is 0.983. The topological polar surface area (TPSA) is 65.1 Å². The molecule has 7 heteroatoms. The third-order valence-electron chi connectivity index (χ3n) is 3.80. The van der Waals surface area contributed by atoms with Gasteiger partial charge in [-0.05, 0) is 51.3 Å². The highest BCUT2D eigenvalue weighted by molar-refractivity contribution is 7.53. The van der Waals surface area contributed by atoms with E-state index in [2.05, 4.69) is 6.92 Å². The first-order chi connectivity index (χ1) is 12.1. The number of benzene rings is 1. The van der Waals surface area contributed by atoms with Crippen molar-refractivity contribution in [1.82, 2.24) is 4.90 Å². The summed E-state index contributed by atoms with van der Waals surface area (Å²) < 4.78 is 29.4. The standard InChI is InChI=1S/C19H28NO5P/c1-6-15-12-13-17(20(14-15)18(21)23-19(2,3)4)25-26(5,22)24-16-10-8-7-9-11-16/h7-11,13,15H,6,12,14H2,1-5H3. The largest absolute Gasteiger partial charge is 0.443 e. The number of amides is 1. The normalized spacial score (nSPS) is 20.0. The van der Waals surface area contributed by atoms with E-state index in [-0.39, 0.29) is 5.88 Å². The summed E-state index contributed by atoms with van der Waals surface area (Å²) in [6.45, 7) is 9.34. The molecular formula is C19H28NO5P. The van der Waals surface area contributed by atoms with Crippen molar-refractivity contribution in [3.63, 3.8) is 0 Å². The predicted molar refractivity (Wildman–Crippen MR) is 101 cm³/mol. The van der Waals surface area contributed by atoms with Crippen molar-refractivity contribution in [2.75, 3.05) is 13.2 Å². The maximum atomic E-state index is 12.8. The molecule has 0 bridgehead atoms. The highest BCUT2D eigenvalue weighted by atomic mass is 31.2. The number of ether oxygens (including phenoxy) is 1. The molecule has 0 aliphatic carbocycles. The van der Waals surface area contributed by atoms with Crippen LogP contribution in [0.2, 0.25) is 0 Å². The van der Waals surface area contributed by atoms with Crippen LogP contribution in [-0.4, -0.2) is 29.8 Å². The van der Waals surface area contributed by atoms with Gasteiger partial charge in [0, 0.05) is 6.54 Å².